The fourth-order valence-corrected chi connectivity index (χ4v) is 11.3. The molecule has 1 aromatic rings. The van der Waals surface area contributed by atoms with Gasteiger partial charge in [-0.2, -0.15) is 16.7 Å². The number of aromatic nitrogens is 2. The minimum Gasteiger partial charge on any atom is -0.756 e. The molecule has 30 heteroatoms. The Morgan fingerprint density at radius 3 is 2.12 bits per heavy atom. The van der Waals surface area contributed by atoms with Crippen LogP contribution in [0.15, 0.2) is 17.1 Å². The third kappa shape index (κ3) is 18.2. The maximum absolute atomic E-state index is 12.6. The molecule has 4 rings (SSSR count). The summed E-state index contributed by atoms with van der Waals surface area (Å²) in [6, 6.07) is 0.277. The highest BCUT2D eigenvalue weighted by Gasteiger charge is 2.45. The summed E-state index contributed by atoms with van der Waals surface area (Å²) >= 11 is 1.86. The van der Waals surface area contributed by atoms with Crippen LogP contribution in [0.5, 0.6) is 0 Å². The third-order valence-corrected chi connectivity index (χ3v) is 15.2. The number of thioether (sulfide) groups is 1. The van der Waals surface area contributed by atoms with Crippen LogP contribution in [0.4, 0.5) is 10.6 Å². The number of carbonyl (C=O) groups excluding carboxylic acids is 4. The van der Waals surface area contributed by atoms with Gasteiger partial charge in [0, 0.05) is 61.7 Å². The highest BCUT2D eigenvalue weighted by Crippen LogP contribution is 2.61. The lowest BCUT2D eigenvalue weighted by Crippen LogP contribution is -2.36. The number of nitrogens with zero attached hydrogens (tertiary/aromatic N) is 2. The molecule has 1 aromatic heterocycles. The number of carbonyl (C=O) groups is 4. The van der Waals surface area contributed by atoms with E-state index in [2.05, 4.69) is 44.7 Å². The number of nitrogens with two attached hydrogens (primary N) is 1. The van der Waals surface area contributed by atoms with E-state index in [-0.39, 0.29) is 60.2 Å². The normalized spacial score (nSPS) is 25.7. The Morgan fingerprint density at radius 2 is 1.50 bits per heavy atom. The van der Waals surface area contributed by atoms with Gasteiger partial charge in [-0.05, 0) is 38.5 Å². The Hall–Kier alpha value is -3.26. The topological polar surface area (TPSA) is 407 Å². The minimum atomic E-state index is -6.19. The number of unbranched alkanes of at least 4 members (excludes halogenated alkanes) is 5. The van der Waals surface area contributed by atoms with Crippen molar-refractivity contribution in [2.75, 3.05) is 37.7 Å². The first-order chi connectivity index (χ1) is 30.1. The maximum Gasteiger partial charge on any atom is 0.351 e. The van der Waals surface area contributed by atoms with Crippen molar-refractivity contribution >= 4 is 70.9 Å². The average Bonchev–Trinajstić information content (AvgIpc) is 3.84. The minimum absolute atomic E-state index is 0.0206. The molecule has 3 saturated heterocycles. The largest absolute Gasteiger partial charge is 0.756 e. The number of phosphoric ester groups is 1. The summed E-state index contributed by atoms with van der Waals surface area (Å²) in [5, 5.41) is 35.7. The van der Waals surface area contributed by atoms with Gasteiger partial charge >= 0.3 is 11.7 Å². The van der Waals surface area contributed by atoms with Crippen LogP contribution in [0.3, 0.4) is 0 Å². The van der Waals surface area contributed by atoms with Crippen LogP contribution in [-0.4, -0.2) is 116 Å². The monoisotopic (exact) mass is 987 g/mol. The van der Waals surface area contributed by atoms with E-state index in [1.807, 2.05) is 11.8 Å². The first-order valence-corrected chi connectivity index (χ1v) is 25.9. The standard InChI is InChI=1S/C34H57N8O18P3S/c35-31-21(18-42(34(49)41-31)32-30(47)29(46)23(58-32)19-57-62(53,54)60-63(55,56)59-61(50,51)52)10-9-17-38-26(44)13-4-2-7-15-36-25(43)12-3-1-8-16-37-27(45)14-6-5-11-24-28-22(20-64-24)39-33(48)40-28/h9-10,18,22-24,28-30,32,46-47H,1-8,11-17,19-20H2,(H,36,43)(H,37,45)(H,38,44)(H,53,54)(H,55,56)(H2,35,41,49)(H2,39,40,48)(H2,50,51,52)/p-3/b10-9+/t22-,23-,24-,28-,29?,30+,32-/m1/s1. The summed E-state index contributed by atoms with van der Waals surface area (Å²) < 4.78 is 50.9. The molecule has 0 radical (unpaired) electrons. The average molecular weight is 988 g/mol. The Balaban J connectivity index is 1.03. The molecule has 3 aliphatic rings. The third-order valence-electron chi connectivity index (χ3n) is 10.0. The van der Waals surface area contributed by atoms with Crippen molar-refractivity contribution in [2.24, 2.45) is 0 Å². The number of phosphoric acid groups is 3. The molecule has 362 valence electrons. The van der Waals surface area contributed by atoms with E-state index in [9.17, 15) is 62.6 Å². The van der Waals surface area contributed by atoms with Crippen LogP contribution in [0, 0.1) is 0 Å². The number of rotatable bonds is 28. The van der Waals surface area contributed by atoms with Crippen molar-refractivity contribution in [3.8, 4) is 0 Å². The van der Waals surface area contributed by atoms with E-state index in [1.54, 1.807) is 0 Å². The Kier molecular flexibility index (Phi) is 20.9. The molecule has 0 saturated carbocycles. The van der Waals surface area contributed by atoms with E-state index in [0.717, 1.165) is 48.6 Å². The van der Waals surface area contributed by atoms with Gasteiger partial charge in [0.05, 0.1) is 18.7 Å². The van der Waals surface area contributed by atoms with Crippen molar-refractivity contribution in [1.29, 1.82) is 0 Å². The number of amides is 5. The van der Waals surface area contributed by atoms with Gasteiger partial charge in [0.25, 0.3) is 23.5 Å². The summed E-state index contributed by atoms with van der Waals surface area (Å²) in [6.45, 7) is -0.122. The molecule has 5 amide bonds. The Labute approximate surface area is 371 Å². The van der Waals surface area contributed by atoms with Crippen molar-refractivity contribution in [2.45, 2.75) is 119 Å². The van der Waals surface area contributed by atoms with Gasteiger partial charge in [-0.15, -0.1) is 0 Å². The fourth-order valence-electron chi connectivity index (χ4n) is 6.88. The van der Waals surface area contributed by atoms with Crippen LogP contribution in [-0.2, 0) is 46.0 Å². The Morgan fingerprint density at radius 1 is 0.891 bits per heavy atom. The predicted molar refractivity (Wildman–Crippen MR) is 221 cm³/mol. The quantitative estimate of drug-likeness (QED) is 0.0251. The maximum atomic E-state index is 12.6. The second-order valence-electron chi connectivity index (χ2n) is 15.0. The van der Waals surface area contributed by atoms with Gasteiger partial charge in [-0.3, -0.25) is 32.6 Å². The molecule has 0 aliphatic carbocycles. The number of nitrogen functional groups attached to an aromatic ring is 1. The number of aliphatic hydroxyl groups is 2. The molecule has 3 aliphatic heterocycles. The van der Waals surface area contributed by atoms with Gasteiger partial charge in [0.15, 0.2) is 6.23 Å². The van der Waals surface area contributed by atoms with Crippen LogP contribution in [0.1, 0.15) is 88.8 Å². The molecule has 26 nitrogen and oxygen atoms in total. The van der Waals surface area contributed by atoms with E-state index in [4.69, 9.17) is 15.4 Å². The summed E-state index contributed by atoms with van der Waals surface area (Å²) in [6.07, 6.45) is 4.73. The Bertz CT molecular complexity index is 2010. The van der Waals surface area contributed by atoms with Crippen LogP contribution < -0.4 is 52.7 Å². The lowest BCUT2D eigenvalue weighted by molar-refractivity contribution is -0.250. The van der Waals surface area contributed by atoms with E-state index in [1.165, 1.54) is 12.2 Å². The molecule has 0 aromatic carbocycles. The summed E-state index contributed by atoms with van der Waals surface area (Å²) in [5.74, 6) is 0.376. The summed E-state index contributed by atoms with van der Waals surface area (Å²) in [5.41, 5.74) is 4.90. The lowest BCUT2D eigenvalue weighted by Gasteiger charge is -2.33. The molecule has 0 spiro atoms. The zero-order valence-corrected chi connectivity index (χ0v) is 38.0. The first-order valence-electron chi connectivity index (χ1n) is 20.4. The number of aliphatic hydroxyl groups excluding tert-OH is 2. The van der Waals surface area contributed by atoms with Gasteiger partial charge in [-0.25, -0.2) is 18.2 Å². The fraction of sp³-hybridized carbons (Fsp3) is 0.706. The molecule has 0 bridgehead atoms. The van der Waals surface area contributed by atoms with E-state index in [0.29, 0.717) is 56.9 Å². The number of fused-ring (bicyclic) bond motifs is 1. The van der Waals surface area contributed by atoms with Crippen molar-refractivity contribution < 1.29 is 80.5 Å². The number of nitrogens with one attached hydrogen (secondary N) is 5. The molecule has 10 N–H and O–H groups in total. The second-order valence-corrected chi connectivity index (χ2v) is 20.6. The van der Waals surface area contributed by atoms with Crippen molar-refractivity contribution in [3.63, 3.8) is 0 Å². The summed E-state index contributed by atoms with van der Waals surface area (Å²) in [4.78, 5) is 107. The smallest absolute Gasteiger partial charge is 0.351 e. The van der Waals surface area contributed by atoms with Crippen LogP contribution in [0.2, 0.25) is 0 Å². The van der Waals surface area contributed by atoms with Crippen LogP contribution >= 0.6 is 35.2 Å². The van der Waals surface area contributed by atoms with Gasteiger partial charge in [0.2, 0.25) is 17.7 Å². The number of ether oxygens (including phenoxy) is 1. The SMILES string of the molecule is Nc1nc(=O)n([C@@H]2O[C@H](COP(=O)([O-])OP(=O)([O-])OP(=O)([O-])O)C(O)[C@@H]2O)cc1/C=C/CNC(=O)CCCCCNC(=O)CCCCCNC(=O)CCCC[C@H]1SC[C@H]2NC(=O)N[C@H]21. The molecule has 4 unspecified atom stereocenters. The first kappa shape index (κ1) is 53.4. The molecular formula is C34H54N8O18P3S-3. The molecule has 64 heavy (non-hydrogen) atoms. The molecular weight excluding hydrogens is 933 g/mol. The summed E-state index contributed by atoms with van der Waals surface area (Å²) in [7, 11) is -18.1. The van der Waals surface area contributed by atoms with E-state index < -0.39 is 60.3 Å². The highest BCUT2D eigenvalue weighted by molar-refractivity contribution is 8.00. The van der Waals surface area contributed by atoms with Gasteiger partial charge in [-0.1, -0.05) is 31.4 Å². The van der Waals surface area contributed by atoms with Crippen LogP contribution in [0.25, 0.3) is 6.08 Å². The van der Waals surface area contributed by atoms with Crippen molar-refractivity contribution in [3.05, 3.63) is 28.3 Å². The number of hydrogen-bond donors (Lipinski definition) is 9. The lowest BCUT2D eigenvalue weighted by atomic mass is 10.0. The zero-order chi connectivity index (χ0) is 47.1. The molecule has 4 heterocycles. The van der Waals surface area contributed by atoms with E-state index >= 15 is 0 Å². The second kappa shape index (κ2) is 25.0. The predicted octanol–water partition coefficient (Wildman–Crippen LogP) is -1.90. The number of anilines is 1. The van der Waals surface area contributed by atoms with Crippen molar-refractivity contribution in [1.82, 2.24) is 36.1 Å². The highest BCUT2D eigenvalue weighted by atomic mass is 32.2. The molecule has 10 atom stereocenters. The molecule has 3 fully saturated rings. The number of hydrogen-bond acceptors (Lipinski definition) is 20. The van der Waals surface area contributed by atoms with Gasteiger partial charge in [0.1, 0.15) is 24.1 Å². The number of urea groups is 1. The van der Waals surface area contributed by atoms with Gasteiger partial charge < -0.3 is 71.4 Å². The zero-order valence-electron chi connectivity index (χ0n) is 34.5.